The zero-order valence-corrected chi connectivity index (χ0v) is 12.0. The molecule has 0 aliphatic heterocycles. The van der Waals surface area contributed by atoms with Gasteiger partial charge >= 0.3 is 0 Å². The zero-order valence-electron chi connectivity index (χ0n) is 11.2. The highest BCUT2D eigenvalue weighted by molar-refractivity contribution is 7.89. The second kappa shape index (κ2) is 6.87. The van der Waals surface area contributed by atoms with Crippen LogP contribution in [0.4, 0.5) is 0 Å². The fourth-order valence-corrected chi connectivity index (χ4v) is 2.81. The molecule has 1 rings (SSSR count). The Labute approximate surface area is 110 Å². The van der Waals surface area contributed by atoms with Crippen LogP contribution in [0.15, 0.2) is 29.2 Å². The van der Waals surface area contributed by atoms with Crippen LogP contribution in [0.2, 0.25) is 0 Å². The number of benzene rings is 1. The topological polar surface area (TPSA) is 58.2 Å². The summed E-state index contributed by atoms with van der Waals surface area (Å²) in [4.78, 5) is 0.323. The third kappa shape index (κ3) is 4.08. The molecule has 0 bridgehead atoms. The van der Waals surface area contributed by atoms with Crippen molar-refractivity contribution < 1.29 is 8.42 Å². The van der Waals surface area contributed by atoms with E-state index >= 15 is 0 Å². The Kier molecular flexibility index (Phi) is 5.78. The minimum atomic E-state index is -3.35. The molecule has 1 aromatic carbocycles. The van der Waals surface area contributed by atoms with Crippen molar-refractivity contribution in [2.45, 2.75) is 38.1 Å². The molecule has 1 unspecified atom stereocenters. The van der Waals surface area contributed by atoms with Crippen LogP contribution in [0.3, 0.4) is 0 Å². The summed E-state index contributed by atoms with van der Waals surface area (Å²) in [5.41, 5.74) is 1.09. The van der Waals surface area contributed by atoms with E-state index in [1.807, 2.05) is 26.0 Å². The molecule has 0 fully saturated rings. The highest BCUT2D eigenvalue weighted by atomic mass is 32.2. The van der Waals surface area contributed by atoms with Gasteiger partial charge in [-0.2, -0.15) is 0 Å². The second-order valence-electron chi connectivity index (χ2n) is 4.25. The quantitative estimate of drug-likeness (QED) is 0.797. The van der Waals surface area contributed by atoms with Gasteiger partial charge in [0.1, 0.15) is 0 Å². The number of hydrogen-bond donors (Lipinski definition) is 2. The maximum atomic E-state index is 11.9. The molecule has 5 heteroatoms. The summed E-state index contributed by atoms with van der Waals surface area (Å²) in [6.07, 6.45) is 0.786. The van der Waals surface area contributed by atoms with Crippen LogP contribution in [0.1, 0.15) is 38.8 Å². The maximum absolute atomic E-state index is 11.9. The smallest absolute Gasteiger partial charge is 0.240 e. The van der Waals surface area contributed by atoms with E-state index in [-0.39, 0.29) is 6.04 Å². The van der Waals surface area contributed by atoms with E-state index in [1.165, 1.54) is 0 Å². The Morgan fingerprint density at radius 1 is 1.17 bits per heavy atom. The SMILES string of the molecule is CCCNS(=O)(=O)c1ccc(C(C)NCC)cc1. The van der Waals surface area contributed by atoms with Crippen molar-refractivity contribution >= 4 is 10.0 Å². The highest BCUT2D eigenvalue weighted by Gasteiger charge is 2.13. The van der Waals surface area contributed by atoms with Gasteiger partial charge in [-0.1, -0.05) is 26.0 Å². The Morgan fingerprint density at radius 3 is 2.28 bits per heavy atom. The first kappa shape index (κ1) is 15.1. The van der Waals surface area contributed by atoms with Crippen molar-refractivity contribution in [2.75, 3.05) is 13.1 Å². The normalized spacial score (nSPS) is 13.5. The van der Waals surface area contributed by atoms with Crippen molar-refractivity contribution in [3.05, 3.63) is 29.8 Å². The summed E-state index contributed by atoms with van der Waals surface area (Å²) in [7, 11) is -3.35. The molecule has 4 nitrogen and oxygen atoms in total. The van der Waals surface area contributed by atoms with Crippen molar-refractivity contribution in [1.29, 1.82) is 0 Å². The van der Waals surface area contributed by atoms with Crippen LogP contribution in [-0.2, 0) is 10.0 Å². The van der Waals surface area contributed by atoms with Crippen molar-refractivity contribution in [1.82, 2.24) is 10.0 Å². The molecule has 1 aromatic rings. The molecule has 0 aromatic heterocycles. The molecule has 1 atom stereocenters. The molecular formula is C13H22N2O2S. The highest BCUT2D eigenvalue weighted by Crippen LogP contribution is 2.15. The lowest BCUT2D eigenvalue weighted by Gasteiger charge is -2.13. The molecule has 0 radical (unpaired) electrons. The Hall–Kier alpha value is -0.910. The van der Waals surface area contributed by atoms with Gasteiger partial charge < -0.3 is 5.32 Å². The average Bonchev–Trinajstić information content (AvgIpc) is 2.37. The van der Waals surface area contributed by atoms with Crippen molar-refractivity contribution in [2.24, 2.45) is 0 Å². The Morgan fingerprint density at radius 2 is 1.78 bits per heavy atom. The summed E-state index contributed by atoms with van der Waals surface area (Å²) >= 11 is 0. The number of rotatable bonds is 7. The zero-order chi connectivity index (χ0) is 13.6. The van der Waals surface area contributed by atoms with Gasteiger partial charge in [-0.15, -0.1) is 0 Å². The van der Waals surface area contributed by atoms with E-state index in [4.69, 9.17) is 0 Å². The van der Waals surface area contributed by atoms with Gasteiger partial charge in [0.15, 0.2) is 0 Å². The monoisotopic (exact) mass is 270 g/mol. The fourth-order valence-electron chi connectivity index (χ4n) is 1.68. The Bertz CT molecular complexity index is 454. The van der Waals surface area contributed by atoms with Gasteiger partial charge in [0.05, 0.1) is 4.90 Å². The molecule has 0 heterocycles. The third-order valence-electron chi connectivity index (χ3n) is 2.74. The molecule has 0 amide bonds. The lowest BCUT2D eigenvalue weighted by atomic mass is 10.1. The van der Waals surface area contributed by atoms with Gasteiger partial charge in [-0.3, -0.25) is 0 Å². The summed E-state index contributed by atoms with van der Waals surface area (Å²) in [6, 6.07) is 7.25. The number of hydrogen-bond acceptors (Lipinski definition) is 3. The van der Waals surface area contributed by atoms with Gasteiger partial charge in [-0.25, -0.2) is 13.1 Å². The summed E-state index contributed by atoms with van der Waals surface area (Å²) < 4.78 is 26.3. The van der Waals surface area contributed by atoms with Gasteiger partial charge in [0.25, 0.3) is 0 Å². The first-order valence-electron chi connectivity index (χ1n) is 6.34. The minimum Gasteiger partial charge on any atom is -0.310 e. The predicted molar refractivity (Wildman–Crippen MR) is 74.0 cm³/mol. The maximum Gasteiger partial charge on any atom is 0.240 e. The van der Waals surface area contributed by atoms with Crippen molar-refractivity contribution in [3.8, 4) is 0 Å². The Balaban J connectivity index is 2.82. The minimum absolute atomic E-state index is 0.232. The summed E-state index contributed by atoms with van der Waals surface area (Å²) in [6.45, 7) is 7.40. The molecule has 0 saturated heterocycles. The number of sulfonamides is 1. The molecule has 2 N–H and O–H groups in total. The van der Waals surface area contributed by atoms with E-state index in [0.29, 0.717) is 11.4 Å². The lowest BCUT2D eigenvalue weighted by molar-refractivity contribution is 0.579. The van der Waals surface area contributed by atoms with E-state index in [9.17, 15) is 8.42 Å². The van der Waals surface area contributed by atoms with Crippen LogP contribution in [-0.4, -0.2) is 21.5 Å². The van der Waals surface area contributed by atoms with E-state index in [0.717, 1.165) is 18.5 Å². The van der Waals surface area contributed by atoms with E-state index < -0.39 is 10.0 Å². The molecule has 0 aliphatic rings. The van der Waals surface area contributed by atoms with E-state index in [1.54, 1.807) is 12.1 Å². The molecule has 102 valence electrons. The number of nitrogens with one attached hydrogen (secondary N) is 2. The summed E-state index contributed by atoms with van der Waals surface area (Å²) in [5.74, 6) is 0. The van der Waals surface area contributed by atoms with Crippen LogP contribution < -0.4 is 10.0 Å². The van der Waals surface area contributed by atoms with Gasteiger partial charge in [0, 0.05) is 12.6 Å². The largest absolute Gasteiger partial charge is 0.310 e. The molecule has 0 aliphatic carbocycles. The van der Waals surface area contributed by atoms with Crippen LogP contribution in [0.25, 0.3) is 0 Å². The lowest BCUT2D eigenvalue weighted by Crippen LogP contribution is -2.24. The first-order chi connectivity index (χ1) is 8.51. The summed E-state index contributed by atoms with van der Waals surface area (Å²) in [5, 5.41) is 3.29. The average molecular weight is 270 g/mol. The second-order valence-corrected chi connectivity index (χ2v) is 6.01. The molecular weight excluding hydrogens is 248 g/mol. The van der Waals surface area contributed by atoms with Crippen LogP contribution >= 0.6 is 0 Å². The van der Waals surface area contributed by atoms with Gasteiger partial charge in [0.2, 0.25) is 10.0 Å². The third-order valence-corrected chi connectivity index (χ3v) is 4.22. The first-order valence-corrected chi connectivity index (χ1v) is 7.82. The standard InChI is InChI=1S/C13H22N2O2S/c1-4-10-15-18(16,17)13-8-6-12(7-9-13)11(3)14-5-2/h6-9,11,14-15H,4-5,10H2,1-3H3. The molecule has 0 spiro atoms. The molecule has 0 saturated carbocycles. The fraction of sp³-hybridized carbons (Fsp3) is 0.538. The molecule has 18 heavy (non-hydrogen) atoms. The van der Waals surface area contributed by atoms with Crippen LogP contribution in [0, 0.1) is 0 Å². The predicted octanol–water partition coefficient (Wildman–Crippen LogP) is 2.05. The van der Waals surface area contributed by atoms with Crippen molar-refractivity contribution in [3.63, 3.8) is 0 Å². The van der Waals surface area contributed by atoms with Crippen LogP contribution in [0.5, 0.6) is 0 Å². The van der Waals surface area contributed by atoms with E-state index in [2.05, 4.69) is 17.0 Å². The van der Waals surface area contributed by atoms with Gasteiger partial charge in [-0.05, 0) is 37.6 Å².